The predicted molar refractivity (Wildman–Crippen MR) is 138 cm³/mol. The molecule has 0 aliphatic carbocycles. The third kappa shape index (κ3) is 6.00. The summed E-state index contributed by atoms with van der Waals surface area (Å²) in [6.45, 7) is 4.59. The molecule has 3 aromatic carbocycles. The van der Waals surface area contributed by atoms with Crippen LogP contribution in [-0.4, -0.2) is 40.6 Å². The molecule has 0 radical (unpaired) electrons. The molecule has 1 N–H and O–H groups in total. The lowest BCUT2D eigenvalue weighted by atomic mass is 10.0. The minimum atomic E-state index is -4.87. The summed E-state index contributed by atoms with van der Waals surface area (Å²) in [5.41, 5.74) is 1.35. The van der Waals surface area contributed by atoms with Crippen molar-refractivity contribution < 1.29 is 42.1 Å². The average molecular weight is 542 g/mol. The molecular formula is C29H26F3NO6. The number of rotatable bonds is 8. The normalized spacial score (nSPS) is 11.9. The lowest BCUT2D eigenvalue weighted by Crippen LogP contribution is -2.37. The molecule has 0 fully saturated rings. The van der Waals surface area contributed by atoms with Gasteiger partial charge in [-0.15, -0.1) is 13.2 Å². The SMILES string of the molecule is COc1ccc(C(=O)n2c(C)c(Cc3ccc(OC(C)(C)C(=O)O)cc3)c3cc(OC(F)(F)F)ccc32)cc1. The number of carbonyl (C=O) groups excluding carboxylic acids is 1. The second-order valence-corrected chi connectivity index (χ2v) is 9.40. The summed E-state index contributed by atoms with van der Waals surface area (Å²) >= 11 is 0. The number of hydrogen-bond donors (Lipinski definition) is 1. The molecule has 0 spiro atoms. The van der Waals surface area contributed by atoms with Gasteiger partial charge >= 0.3 is 12.3 Å². The predicted octanol–water partition coefficient (Wildman–Crippen LogP) is 6.38. The Morgan fingerprint density at radius 2 is 1.46 bits per heavy atom. The highest BCUT2D eigenvalue weighted by Crippen LogP contribution is 2.34. The van der Waals surface area contributed by atoms with Gasteiger partial charge in [0.25, 0.3) is 5.91 Å². The van der Waals surface area contributed by atoms with Crippen molar-refractivity contribution in [3.8, 4) is 17.2 Å². The fourth-order valence-electron chi connectivity index (χ4n) is 4.22. The van der Waals surface area contributed by atoms with Gasteiger partial charge in [-0.2, -0.15) is 0 Å². The highest BCUT2D eigenvalue weighted by Gasteiger charge is 2.32. The van der Waals surface area contributed by atoms with E-state index in [9.17, 15) is 27.9 Å². The van der Waals surface area contributed by atoms with Crippen molar-refractivity contribution in [2.45, 2.75) is 39.2 Å². The van der Waals surface area contributed by atoms with Gasteiger partial charge in [0.1, 0.15) is 17.2 Å². The number of carboxylic acid groups (broad SMARTS) is 1. The lowest BCUT2D eigenvalue weighted by molar-refractivity contribution is -0.274. The number of methoxy groups -OCH3 is 1. The van der Waals surface area contributed by atoms with Crippen LogP contribution in [0.3, 0.4) is 0 Å². The Kier molecular flexibility index (Phi) is 7.32. The molecule has 0 atom stereocenters. The molecule has 4 rings (SSSR count). The summed E-state index contributed by atoms with van der Waals surface area (Å²) in [6.07, 6.45) is -4.59. The fourth-order valence-corrected chi connectivity index (χ4v) is 4.22. The first-order valence-corrected chi connectivity index (χ1v) is 11.9. The lowest BCUT2D eigenvalue weighted by Gasteiger charge is -2.21. The number of fused-ring (bicyclic) bond motifs is 1. The Labute approximate surface area is 222 Å². The van der Waals surface area contributed by atoms with Crippen LogP contribution < -0.4 is 14.2 Å². The number of nitrogens with zero attached hydrogens (tertiary/aromatic N) is 1. The summed E-state index contributed by atoms with van der Waals surface area (Å²) in [4.78, 5) is 24.9. The molecule has 0 aliphatic heterocycles. The van der Waals surface area contributed by atoms with Gasteiger partial charge in [-0.05, 0) is 92.9 Å². The zero-order chi connectivity index (χ0) is 28.5. The van der Waals surface area contributed by atoms with Crippen LogP contribution in [0.4, 0.5) is 13.2 Å². The first kappa shape index (κ1) is 27.6. The first-order chi connectivity index (χ1) is 18.3. The second kappa shape index (κ2) is 10.4. The summed E-state index contributed by atoms with van der Waals surface area (Å²) in [5, 5.41) is 9.72. The number of benzene rings is 3. The van der Waals surface area contributed by atoms with E-state index in [4.69, 9.17) is 9.47 Å². The van der Waals surface area contributed by atoms with E-state index in [0.29, 0.717) is 39.2 Å². The molecule has 0 aliphatic rings. The Morgan fingerprint density at radius 1 is 0.872 bits per heavy atom. The summed E-state index contributed by atoms with van der Waals surface area (Å²) in [6, 6.07) is 17.1. The monoisotopic (exact) mass is 541 g/mol. The van der Waals surface area contributed by atoms with Crippen LogP contribution in [0, 0.1) is 6.92 Å². The van der Waals surface area contributed by atoms with Gasteiger partial charge in [-0.3, -0.25) is 9.36 Å². The van der Waals surface area contributed by atoms with Gasteiger partial charge in [0, 0.05) is 16.6 Å². The molecule has 4 aromatic rings. The minimum absolute atomic E-state index is 0.281. The third-order valence-electron chi connectivity index (χ3n) is 6.27. The van der Waals surface area contributed by atoms with E-state index < -0.39 is 23.7 Å². The Morgan fingerprint density at radius 3 is 2.03 bits per heavy atom. The van der Waals surface area contributed by atoms with Gasteiger partial charge in [0.05, 0.1) is 12.6 Å². The number of carboxylic acids is 1. The highest BCUT2D eigenvalue weighted by molar-refractivity contribution is 6.04. The molecule has 0 bridgehead atoms. The zero-order valence-corrected chi connectivity index (χ0v) is 21.6. The number of ether oxygens (including phenoxy) is 3. The average Bonchev–Trinajstić information content (AvgIpc) is 3.14. The van der Waals surface area contributed by atoms with Crippen LogP contribution in [-0.2, 0) is 11.2 Å². The van der Waals surface area contributed by atoms with E-state index in [1.54, 1.807) is 55.5 Å². The molecule has 39 heavy (non-hydrogen) atoms. The van der Waals surface area contributed by atoms with E-state index in [1.807, 2.05) is 0 Å². The molecule has 0 unspecified atom stereocenters. The van der Waals surface area contributed by atoms with Crippen LogP contribution in [0.2, 0.25) is 0 Å². The van der Waals surface area contributed by atoms with Crippen LogP contribution in [0.25, 0.3) is 10.9 Å². The number of carbonyl (C=O) groups is 2. The van der Waals surface area contributed by atoms with Crippen molar-refractivity contribution in [1.29, 1.82) is 0 Å². The van der Waals surface area contributed by atoms with Gasteiger partial charge < -0.3 is 19.3 Å². The highest BCUT2D eigenvalue weighted by atomic mass is 19.4. The van der Waals surface area contributed by atoms with Crippen molar-refractivity contribution in [1.82, 2.24) is 4.57 Å². The maximum absolute atomic E-state index is 13.5. The van der Waals surface area contributed by atoms with Crippen LogP contribution in [0.1, 0.15) is 41.0 Å². The molecule has 204 valence electrons. The Balaban J connectivity index is 1.76. The van der Waals surface area contributed by atoms with Crippen LogP contribution >= 0.6 is 0 Å². The number of halogens is 3. The molecule has 0 amide bonds. The van der Waals surface area contributed by atoms with Gasteiger partial charge in [-0.25, -0.2) is 4.79 Å². The van der Waals surface area contributed by atoms with E-state index in [2.05, 4.69) is 4.74 Å². The van der Waals surface area contributed by atoms with Crippen molar-refractivity contribution in [2.75, 3.05) is 7.11 Å². The summed E-state index contributed by atoms with van der Waals surface area (Å²) < 4.78 is 55.2. The topological polar surface area (TPSA) is 87.0 Å². The molecule has 0 saturated heterocycles. The van der Waals surface area contributed by atoms with Gasteiger partial charge in [-0.1, -0.05) is 12.1 Å². The van der Waals surface area contributed by atoms with Crippen LogP contribution in [0.5, 0.6) is 17.2 Å². The van der Waals surface area contributed by atoms with E-state index in [1.165, 1.54) is 43.7 Å². The van der Waals surface area contributed by atoms with Crippen molar-refractivity contribution in [3.05, 3.63) is 89.1 Å². The fraction of sp³-hybridized carbons (Fsp3) is 0.241. The maximum Gasteiger partial charge on any atom is 0.573 e. The zero-order valence-electron chi connectivity index (χ0n) is 21.6. The second-order valence-electron chi connectivity index (χ2n) is 9.40. The smallest absolute Gasteiger partial charge is 0.497 e. The molecule has 1 heterocycles. The summed E-state index contributed by atoms with van der Waals surface area (Å²) in [5.74, 6) is -0.941. The third-order valence-corrected chi connectivity index (χ3v) is 6.27. The largest absolute Gasteiger partial charge is 0.573 e. The van der Waals surface area contributed by atoms with Crippen molar-refractivity contribution in [3.63, 3.8) is 0 Å². The Bertz CT molecular complexity index is 1520. The van der Waals surface area contributed by atoms with E-state index >= 15 is 0 Å². The van der Waals surface area contributed by atoms with Crippen LogP contribution in [0.15, 0.2) is 66.7 Å². The molecule has 0 saturated carbocycles. The minimum Gasteiger partial charge on any atom is -0.497 e. The van der Waals surface area contributed by atoms with Crippen molar-refractivity contribution >= 4 is 22.8 Å². The molecular weight excluding hydrogens is 515 g/mol. The number of alkyl halides is 3. The first-order valence-electron chi connectivity index (χ1n) is 11.9. The van der Waals surface area contributed by atoms with Gasteiger partial charge in [0.15, 0.2) is 5.60 Å². The molecule has 7 nitrogen and oxygen atoms in total. The quantitative estimate of drug-likeness (QED) is 0.279. The number of aliphatic carboxylic acids is 1. The van der Waals surface area contributed by atoms with Crippen molar-refractivity contribution in [2.24, 2.45) is 0 Å². The maximum atomic E-state index is 13.5. The molecule has 1 aromatic heterocycles. The van der Waals surface area contributed by atoms with Gasteiger partial charge in [0.2, 0.25) is 0 Å². The number of hydrogen-bond acceptors (Lipinski definition) is 5. The van der Waals surface area contributed by atoms with E-state index in [0.717, 1.165) is 5.56 Å². The number of aromatic nitrogens is 1. The standard InChI is InChI=1S/C29H26F3NO6/c1-17-23(15-18-5-9-21(10-6-18)38-28(2,3)27(35)36)24-16-22(39-29(30,31)32)13-14-25(24)33(17)26(34)19-7-11-20(37-4)12-8-19/h5-14,16H,15H2,1-4H3,(H,35,36). The molecule has 10 heteroatoms. The Hall–Kier alpha value is -4.47. The van der Waals surface area contributed by atoms with E-state index in [-0.39, 0.29) is 12.3 Å². The summed E-state index contributed by atoms with van der Waals surface area (Å²) in [7, 11) is 1.51.